The second-order valence-electron chi connectivity index (χ2n) is 3.16. The minimum atomic E-state index is -1.28. The number of nitrogens with one attached hydrogen (secondary N) is 1. The van der Waals surface area contributed by atoms with E-state index in [0.29, 0.717) is 11.8 Å². The van der Waals surface area contributed by atoms with Gasteiger partial charge in [-0.25, -0.2) is 18.2 Å². The summed E-state index contributed by atoms with van der Waals surface area (Å²) in [5, 5.41) is 8.76. The molecular weight excluding hydrogens is 221 g/mol. The lowest BCUT2D eigenvalue weighted by atomic mass is 10.2. The number of halogens is 3. The Labute approximate surface area is 88.6 Å². The third-order valence-corrected chi connectivity index (χ3v) is 2.05. The average molecular weight is 228 g/mol. The maximum atomic E-state index is 13.3. The number of aromatic amines is 1. The van der Waals surface area contributed by atoms with Crippen molar-refractivity contribution in [1.29, 1.82) is 0 Å². The first-order chi connectivity index (χ1) is 7.61. The van der Waals surface area contributed by atoms with Crippen molar-refractivity contribution in [3.8, 4) is 11.4 Å². The molecule has 0 saturated carbocycles. The van der Waals surface area contributed by atoms with Crippen LogP contribution in [0.1, 0.15) is 5.69 Å². The molecule has 2 N–H and O–H groups in total. The summed E-state index contributed by atoms with van der Waals surface area (Å²) in [7, 11) is 0. The normalized spacial score (nSPS) is 10.8. The largest absolute Gasteiger partial charge is 0.390 e. The lowest BCUT2D eigenvalue weighted by Gasteiger charge is -2.01. The zero-order chi connectivity index (χ0) is 11.7. The fourth-order valence-corrected chi connectivity index (χ4v) is 1.30. The quantitative estimate of drug-likeness (QED) is 0.772. The lowest BCUT2D eigenvalue weighted by molar-refractivity contribution is 0.277. The van der Waals surface area contributed by atoms with Crippen LogP contribution < -0.4 is 0 Å². The predicted molar refractivity (Wildman–Crippen MR) is 49.8 cm³/mol. The second-order valence-corrected chi connectivity index (χ2v) is 3.16. The molecule has 1 heterocycles. The summed E-state index contributed by atoms with van der Waals surface area (Å²) in [6, 6.07) is 1.28. The summed E-state index contributed by atoms with van der Waals surface area (Å²) in [5.41, 5.74) is 0.0243. The van der Waals surface area contributed by atoms with E-state index < -0.39 is 17.5 Å². The summed E-state index contributed by atoms with van der Waals surface area (Å²) >= 11 is 0. The van der Waals surface area contributed by atoms with Gasteiger partial charge in [0.25, 0.3) is 0 Å². The van der Waals surface area contributed by atoms with Crippen molar-refractivity contribution in [3.05, 3.63) is 41.5 Å². The van der Waals surface area contributed by atoms with Gasteiger partial charge in [-0.1, -0.05) is 0 Å². The van der Waals surface area contributed by atoms with Crippen LogP contribution >= 0.6 is 0 Å². The molecule has 6 heteroatoms. The number of nitrogens with zero attached hydrogens (tertiary/aromatic N) is 1. The van der Waals surface area contributed by atoms with E-state index in [2.05, 4.69) is 9.97 Å². The van der Waals surface area contributed by atoms with E-state index in [1.807, 2.05) is 0 Å². The average Bonchev–Trinajstić information content (AvgIpc) is 2.71. The molecule has 16 heavy (non-hydrogen) atoms. The summed E-state index contributed by atoms with van der Waals surface area (Å²) in [5.74, 6) is -3.38. The second kappa shape index (κ2) is 3.97. The molecule has 84 valence electrons. The Hall–Kier alpha value is -1.82. The summed E-state index contributed by atoms with van der Waals surface area (Å²) in [6.07, 6.45) is 1.26. The van der Waals surface area contributed by atoms with E-state index in [4.69, 9.17) is 5.11 Å². The smallest absolute Gasteiger partial charge is 0.169 e. The number of imidazole rings is 1. The monoisotopic (exact) mass is 228 g/mol. The molecule has 0 saturated heterocycles. The number of rotatable bonds is 2. The number of hydrogen-bond acceptors (Lipinski definition) is 2. The highest BCUT2D eigenvalue weighted by Crippen LogP contribution is 2.23. The van der Waals surface area contributed by atoms with Crippen molar-refractivity contribution in [2.45, 2.75) is 6.61 Å². The van der Waals surface area contributed by atoms with Crippen molar-refractivity contribution in [2.24, 2.45) is 0 Å². The molecule has 1 aromatic carbocycles. The van der Waals surface area contributed by atoms with Gasteiger partial charge in [-0.3, -0.25) is 0 Å². The van der Waals surface area contributed by atoms with Crippen molar-refractivity contribution in [2.75, 3.05) is 0 Å². The van der Waals surface area contributed by atoms with E-state index in [0.717, 1.165) is 6.07 Å². The van der Waals surface area contributed by atoms with E-state index >= 15 is 0 Å². The molecule has 2 aromatic rings. The van der Waals surface area contributed by atoms with Crippen LogP contribution in [0.15, 0.2) is 18.3 Å². The Morgan fingerprint density at radius 2 is 2.00 bits per heavy atom. The summed E-state index contributed by atoms with van der Waals surface area (Å²) in [6.45, 7) is -0.313. The molecular formula is C10H7F3N2O. The number of aromatic nitrogens is 2. The van der Waals surface area contributed by atoms with Crippen LogP contribution in [0.5, 0.6) is 0 Å². The number of aliphatic hydroxyl groups excluding tert-OH is 1. The van der Waals surface area contributed by atoms with E-state index in [1.165, 1.54) is 6.20 Å². The van der Waals surface area contributed by atoms with E-state index in [9.17, 15) is 13.2 Å². The number of benzene rings is 1. The molecule has 1 aromatic heterocycles. The molecule has 0 radical (unpaired) electrons. The van der Waals surface area contributed by atoms with E-state index in [1.54, 1.807) is 0 Å². The van der Waals surface area contributed by atoms with E-state index in [-0.39, 0.29) is 18.0 Å². The highest BCUT2D eigenvalue weighted by Gasteiger charge is 2.15. The minimum Gasteiger partial charge on any atom is -0.390 e. The van der Waals surface area contributed by atoms with Crippen LogP contribution in [0, 0.1) is 17.5 Å². The van der Waals surface area contributed by atoms with Crippen LogP contribution in [0.3, 0.4) is 0 Å². The molecule has 0 amide bonds. The number of hydrogen-bond donors (Lipinski definition) is 2. The standard InChI is InChI=1S/C10H7F3N2O/c11-5-1-7(9(13)8(12)2-5)10-14-3-6(4-16)15-10/h1-3,16H,4H2,(H,14,15). The van der Waals surface area contributed by atoms with Gasteiger partial charge < -0.3 is 10.1 Å². The van der Waals surface area contributed by atoms with Gasteiger partial charge in [0.15, 0.2) is 11.6 Å². The van der Waals surface area contributed by atoms with Crippen LogP contribution in [-0.2, 0) is 6.61 Å². The first-order valence-corrected chi connectivity index (χ1v) is 4.41. The Balaban J connectivity index is 2.54. The highest BCUT2D eigenvalue weighted by atomic mass is 19.2. The molecule has 0 aliphatic rings. The van der Waals surface area contributed by atoms with Crippen LogP contribution in [0.4, 0.5) is 13.2 Å². The molecule has 0 unspecified atom stereocenters. The van der Waals surface area contributed by atoms with Gasteiger partial charge in [0.1, 0.15) is 11.6 Å². The Morgan fingerprint density at radius 3 is 2.62 bits per heavy atom. The molecule has 0 aliphatic carbocycles. The third kappa shape index (κ3) is 1.79. The lowest BCUT2D eigenvalue weighted by Crippen LogP contribution is -1.93. The maximum Gasteiger partial charge on any atom is 0.169 e. The van der Waals surface area contributed by atoms with Crippen molar-refractivity contribution < 1.29 is 18.3 Å². The molecule has 2 rings (SSSR count). The summed E-state index contributed by atoms with van der Waals surface area (Å²) in [4.78, 5) is 6.25. The molecule has 0 aliphatic heterocycles. The van der Waals surface area contributed by atoms with Gasteiger partial charge in [-0.2, -0.15) is 0 Å². The van der Waals surface area contributed by atoms with Crippen molar-refractivity contribution >= 4 is 0 Å². The molecule has 3 nitrogen and oxygen atoms in total. The molecule has 0 bridgehead atoms. The summed E-state index contributed by atoms with van der Waals surface area (Å²) < 4.78 is 39.1. The topological polar surface area (TPSA) is 48.9 Å². The fraction of sp³-hybridized carbons (Fsp3) is 0.100. The maximum absolute atomic E-state index is 13.3. The highest BCUT2D eigenvalue weighted by molar-refractivity contribution is 5.56. The number of aliphatic hydroxyl groups is 1. The number of H-pyrrole nitrogens is 1. The molecule has 0 fully saturated rings. The Kier molecular flexibility index (Phi) is 2.66. The molecule has 0 spiro atoms. The SMILES string of the molecule is OCc1cnc(-c2cc(F)cc(F)c2F)[nH]1. The molecule has 0 atom stereocenters. The zero-order valence-corrected chi connectivity index (χ0v) is 7.97. The Bertz CT molecular complexity index is 525. The van der Waals surface area contributed by atoms with Gasteiger partial charge in [0.05, 0.1) is 24.1 Å². The van der Waals surface area contributed by atoms with Crippen molar-refractivity contribution in [1.82, 2.24) is 9.97 Å². The zero-order valence-electron chi connectivity index (χ0n) is 7.97. The van der Waals surface area contributed by atoms with Crippen LogP contribution in [-0.4, -0.2) is 15.1 Å². The Morgan fingerprint density at radius 1 is 1.25 bits per heavy atom. The van der Waals surface area contributed by atoms with Crippen LogP contribution in [0.2, 0.25) is 0 Å². The van der Waals surface area contributed by atoms with Crippen molar-refractivity contribution in [3.63, 3.8) is 0 Å². The first-order valence-electron chi connectivity index (χ1n) is 4.41. The minimum absolute atomic E-state index is 0.0278. The predicted octanol–water partition coefficient (Wildman–Crippen LogP) is 1.99. The van der Waals surface area contributed by atoms with Crippen LogP contribution in [0.25, 0.3) is 11.4 Å². The fourth-order valence-electron chi connectivity index (χ4n) is 1.30. The van der Waals surface area contributed by atoms with Gasteiger partial charge in [-0.15, -0.1) is 0 Å². The first kappa shape index (κ1) is 10.7. The van der Waals surface area contributed by atoms with Gasteiger partial charge in [0.2, 0.25) is 0 Å². The van der Waals surface area contributed by atoms with Gasteiger partial charge in [-0.05, 0) is 6.07 Å². The van der Waals surface area contributed by atoms with Gasteiger partial charge in [0, 0.05) is 6.07 Å². The van der Waals surface area contributed by atoms with Gasteiger partial charge >= 0.3 is 0 Å². The third-order valence-electron chi connectivity index (χ3n) is 2.05.